The number of ether oxygens (including phenoxy) is 1. The Morgan fingerprint density at radius 2 is 1.90 bits per heavy atom. The Balaban J connectivity index is 1.45. The van der Waals surface area contributed by atoms with Crippen LogP contribution in [0.4, 0.5) is 0 Å². The van der Waals surface area contributed by atoms with Crippen LogP contribution in [0.3, 0.4) is 0 Å². The predicted octanol–water partition coefficient (Wildman–Crippen LogP) is 2.89. The molecule has 0 saturated heterocycles. The monoisotopic (exact) mass is 404 g/mol. The van der Waals surface area contributed by atoms with Gasteiger partial charge in [-0.2, -0.15) is 0 Å². The van der Waals surface area contributed by atoms with E-state index < -0.39 is 0 Å². The molecule has 0 saturated carbocycles. The van der Waals surface area contributed by atoms with Crippen LogP contribution >= 0.6 is 0 Å². The summed E-state index contributed by atoms with van der Waals surface area (Å²) in [6.45, 7) is 1.31. The lowest BCUT2D eigenvalue weighted by Gasteiger charge is -2.12. The molecule has 2 heterocycles. The second-order valence-electron chi connectivity index (χ2n) is 7.14. The first kappa shape index (κ1) is 19.8. The fourth-order valence-corrected chi connectivity index (χ4v) is 3.56. The number of nitrogens with one attached hydrogen (secondary N) is 2. The molecule has 154 valence electrons. The van der Waals surface area contributed by atoms with Crippen LogP contribution in [-0.4, -0.2) is 40.7 Å². The van der Waals surface area contributed by atoms with E-state index in [2.05, 4.69) is 15.3 Å². The first-order valence-electron chi connectivity index (χ1n) is 10.0. The molecule has 4 rings (SSSR count). The maximum Gasteiger partial charge on any atom is 0.258 e. The molecule has 1 amide bonds. The summed E-state index contributed by atoms with van der Waals surface area (Å²) in [6, 6.07) is 15.1. The number of fused-ring (bicyclic) bond motifs is 2. The summed E-state index contributed by atoms with van der Waals surface area (Å²) in [6.07, 6.45) is 3.12. The molecule has 30 heavy (non-hydrogen) atoms. The van der Waals surface area contributed by atoms with Crippen molar-refractivity contribution in [2.24, 2.45) is 0 Å². The van der Waals surface area contributed by atoms with Crippen LogP contribution in [0.1, 0.15) is 22.6 Å². The highest BCUT2D eigenvalue weighted by molar-refractivity contribution is 6.06. The number of hydrogen-bond donors (Lipinski definition) is 2. The Morgan fingerprint density at radius 1 is 1.13 bits per heavy atom. The molecule has 0 bridgehead atoms. The molecule has 2 aromatic heterocycles. The number of aryl methyl sites for hydroxylation is 1. The van der Waals surface area contributed by atoms with Crippen molar-refractivity contribution >= 4 is 27.7 Å². The minimum Gasteiger partial charge on any atom is -0.383 e. The average molecular weight is 404 g/mol. The minimum absolute atomic E-state index is 0.121. The number of pyridine rings is 1. The predicted molar refractivity (Wildman–Crippen MR) is 117 cm³/mol. The lowest BCUT2D eigenvalue weighted by Crippen LogP contribution is -2.29. The zero-order chi connectivity index (χ0) is 20.9. The summed E-state index contributed by atoms with van der Waals surface area (Å²) in [5, 5.41) is 4.16. The number of imidazole rings is 1. The van der Waals surface area contributed by atoms with Crippen LogP contribution in [0.5, 0.6) is 0 Å². The highest BCUT2D eigenvalue weighted by atomic mass is 16.5. The van der Waals surface area contributed by atoms with Crippen molar-refractivity contribution in [2.75, 3.05) is 20.3 Å². The van der Waals surface area contributed by atoms with Crippen molar-refractivity contribution in [3.8, 4) is 0 Å². The van der Waals surface area contributed by atoms with Gasteiger partial charge in [0.1, 0.15) is 5.82 Å². The van der Waals surface area contributed by atoms with E-state index in [0.29, 0.717) is 36.0 Å². The molecule has 0 fully saturated rings. The lowest BCUT2D eigenvalue weighted by molar-refractivity contribution is 0.0953. The number of amides is 1. The summed E-state index contributed by atoms with van der Waals surface area (Å²) in [5.41, 5.74) is 2.33. The number of methoxy groups -OCH3 is 1. The summed E-state index contributed by atoms with van der Waals surface area (Å²) in [5.74, 6) is 0.714. The standard InChI is InChI=1S/C23H24N4O3/c1-30-14-13-27-15-18(16-7-2-3-8-17(16)23(27)29)22(28)24-12-6-11-21-25-19-9-4-5-10-20(19)26-21/h2-5,7-10,15H,6,11-14H2,1H3,(H,24,28)(H,25,26). The van der Waals surface area contributed by atoms with Crippen molar-refractivity contribution in [1.82, 2.24) is 19.9 Å². The largest absolute Gasteiger partial charge is 0.383 e. The second-order valence-corrected chi connectivity index (χ2v) is 7.14. The minimum atomic E-state index is -0.193. The van der Waals surface area contributed by atoms with Gasteiger partial charge in [-0.05, 0) is 24.6 Å². The fourth-order valence-electron chi connectivity index (χ4n) is 3.56. The van der Waals surface area contributed by atoms with Gasteiger partial charge in [0.2, 0.25) is 0 Å². The van der Waals surface area contributed by atoms with Crippen molar-refractivity contribution in [2.45, 2.75) is 19.4 Å². The van der Waals surface area contributed by atoms with Crippen molar-refractivity contribution in [3.05, 3.63) is 76.5 Å². The molecular formula is C23H24N4O3. The van der Waals surface area contributed by atoms with Gasteiger partial charge in [0.05, 0.1) is 23.2 Å². The van der Waals surface area contributed by atoms with Gasteiger partial charge < -0.3 is 19.6 Å². The van der Waals surface area contributed by atoms with Crippen LogP contribution in [0.2, 0.25) is 0 Å². The summed E-state index contributed by atoms with van der Waals surface area (Å²) < 4.78 is 6.62. The summed E-state index contributed by atoms with van der Waals surface area (Å²) in [4.78, 5) is 33.4. The number of H-pyrrole nitrogens is 1. The van der Waals surface area contributed by atoms with E-state index in [4.69, 9.17) is 4.74 Å². The number of nitrogens with zero attached hydrogens (tertiary/aromatic N) is 2. The molecular weight excluding hydrogens is 380 g/mol. The SMILES string of the molecule is COCCn1cc(C(=O)NCCCc2nc3ccccc3[nH]2)c2ccccc2c1=O. The number of aromatic amines is 1. The number of hydrogen-bond acceptors (Lipinski definition) is 4. The molecule has 7 heteroatoms. The molecule has 0 aliphatic rings. The highest BCUT2D eigenvalue weighted by Gasteiger charge is 2.14. The Kier molecular flexibility index (Phi) is 5.90. The molecule has 0 aliphatic heterocycles. The number of para-hydroxylation sites is 2. The Morgan fingerprint density at radius 3 is 2.70 bits per heavy atom. The maximum atomic E-state index is 12.9. The molecule has 0 unspecified atom stereocenters. The molecule has 0 aliphatic carbocycles. The third-order valence-electron chi connectivity index (χ3n) is 5.09. The molecule has 2 N–H and O–H groups in total. The molecule has 4 aromatic rings. The van der Waals surface area contributed by atoms with Gasteiger partial charge in [-0.15, -0.1) is 0 Å². The van der Waals surface area contributed by atoms with E-state index in [1.165, 1.54) is 4.57 Å². The van der Waals surface area contributed by atoms with Gasteiger partial charge in [-0.3, -0.25) is 9.59 Å². The molecule has 0 atom stereocenters. The number of carbonyl (C=O) groups is 1. The van der Waals surface area contributed by atoms with Crippen molar-refractivity contribution in [1.29, 1.82) is 0 Å². The molecule has 0 radical (unpaired) electrons. The lowest BCUT2D eigenvalue weighted by atomic mass is 10.1. The summed E-state index contributed by atoms with van der Waals surface area (Å²) >= 11 is 0. The van der Waals surface area contributed by atoms with E-state index >= 15 is 0 Å². The zero-order valence-electron chi connectivity index (χ0n) is 16.9. The van der Waals surface area contributed by atoms with Crippen molar-refractivity contribution < 1.29 is 9.53 Å². The topological polar surface area (TPSA) is 89.0 Å². The average Bonchev–Trinajstić information content (AvgIpc) is 3.19. The normalized spacial score (nSPS) is 11.2. The zero-order valence-corrected chi connectivity index (χ0v) is 16.9. The summed E-state index contributed by atoms with van der Waals surface area (Å²) in [7, 11) is 1.59. The molecule has 0 spiro atoms. The quantitative estimate of drug-likeness (QED) is 0.442. The van der Waals surface area contributed by atoms with E-state index in [0.717, 1.165) is 29.7 Å². The van der Waals surface area contributed by atoms with Gasteiger partial charge in [0.15, 0.2) is 0 Å². The fraction of sp³-hybridized carbons (Fsp3) is 0.261. The third kappa shape index (κ3) is 4.11. The number of benzene rings is 2. The van der Waals surface area contributed by atoms with Crippen LogP contribution in [-0.2, 0) is 17.7 Å². The van der Waals surface area contributed by atoms with Gasteiger partial charge in [-0.1, -0.05) is 30.3 Å². The number of carbonyl (C=O) groups excluding carboxylic acids is 1. The van der Waals surface area contributed by atoms with E-state index in [9.17, 15) is 9.59 Å². The third-order valence-corrected chi connectivity index (χ3v) is 5.09. The highest BCUT2D eigenvalue weighted by Crippen LogP contribution is 2.16. The van der Waals surface area contributed by atoms with Gasteiger partial charge in [0, 0.05) is 43.6 Å². The Labute approximate surface area is 173 Å². The molecule has 2 aromatic carbocycles. The van der Waals surface area contributed by atoms with Gasteiger partial charge >= 0.3 is 0 Å². The number of aromatic nitrogens is 3. The van der Waals surface area contributed by atoms with E-state index in [1.807, 2.05) is 30.3 Å². The molecule has 7 nitrogen and oxygen atoms in total. The first-order valence-corrected chi connectivity index (χ1v) is 10.0. The van der Waals surface area contributed by atoms with E-state index in [-0.39, 0.29) is 11.5 Å². The first-order chi connectivity index (χ1) is 14.7. The van der Waals surface area contributed by atoms with Crippen molar-refractivity contribution in [3.63, 3.8) is 0 Å². The van der Waals surface area contributed by atoms with E-state index in [1.54, 1.807) is 31.5 Å². The van der Waals surface area contributed by atoms with Crippen LogP contribution in [0.25, 0.3) is 21.8 Å². The van der Waals surface area contributed by atoms with Gasteiger partial charge in [0.25, 0.3) is 11.5 Å². The van der Waals surface area contributed by atoms with Gasteiger partial charge in [-0.25, -0.2) is 4.98 Å². The van der Waals surface area contributed by atoms with Crippen LogP contribution < -0.4 is 10.9 Å². The number of rotatable bonds is 8. The maximum absolute atomic E-state index is 12.9. The smallest absolute Gasteiger partial charge is 0.258 e. The second kappa shape index (κ2) is 8.92. The van der Waals surface area contributed by atoms with Crippen LogP contribution in [0, 0.1) is 0 Å². The Hall–Kier alpha value is -3.45. The Bertz CT molecular complexity index is 1210. The van der Waals surface area contributed by atoms with Crippen LogP contribution in [0.15, 0.2) is 59.5 Å².